The van der Waals surface area contributed by atoms with Crippen LogP contribution in [0.25, 0.3) is 0 Å². The number of carbonyl (C=O) groups is 2. The molecule has 7 nitrogen and oxygen atoms in total. The highest BCUT2D eigenvalue weighted by atomic mass is 17.0. The molecular formula is C4H5NO6. The summed E-state index contributed by atoms with van der Waals surface area (Å²) in [5.41, 5.74) is 0. The molecule has 0 aromatic carbocycles. The van der Waals surface area contributed by atoms with E-state index >= 15 is 0 Å². The molecule has 1 N–H and O–H groups in total. The average molecular weight is 163 g/mol. The van der Waals surface area contributed by atoms with E-state index in [0.717, 1.165) is 6.92 Å². The van der Waals surface area contributed by atoms with E-state index in [1.807, 2.05) is 0 Å². The second kappa shape index (κ2) is 3.49. The summed E-state index contributed by atoms with van der Waals surface area (Å²) in [6, 6.07) is 0. The predicted molar refractivity (Wildman–Crippen MR) is 29.9 cm³/mol. The first-order valence-electron chi connectivity index (χ1n) is 2.54. The normalized spacial score (nSPS) is 11.7. The van der Waals surface area contributed by atoms with Gasteiger partial charge in [0, 0.05) is 0 Å². The SMILES string of the molecule is CC(C(=O)O)C(=O)O[N+](=O)[O-]. The molecule has 0 aromatic heterocycles. The smallest absolute Gasteiger partial charge is 0.317 e. The fourth-order valence-corrected chi connectivity index (χ4v) is 0.253. The summed E-state index contributed by atoms with van der Waals surface area (Å²) in [7, 11) is 0. The maximum absolute atomic E-state index is 10.4. The molecule has 11 heavy (non-hydrogen) atoms. The minimum Gasteiger partial charge on any atom is -0.481 e. The lowest BCUT2D eigenvalue weighted by atomic mass is 10.2. The molecule has 7 heteroatoms. The Kier molecular flexibility index (Phi) is 2.97. The van der Waals surface area contributed by atoms with Gasteiger partial charge in [0.15, 0.2) is 0 Å². The first kappa shape index (κ1) is 9.34. The van der Waals surface area contributed by atoms with Gasteiger partial charge in [-0.3, -0.25) is 9.59 Å². The summed E-state index contributed by atoms with van der Waals surface area (Å²) < 4.78 is 0. The molecule has 0 bridgehead atoms. The van der Waals surface area contributed by atoms with E-state index in [2.05, 4.69) is 4.84 Å². The number of carboxylic acids is 1. The first-order valence-corrected chi connectivity index (χ1v) is 2.54. The Morgan fingerprint density at radius 2 is 2.09 bits per heavy atom. The number of hydrogen-bond acceptors (Lipinski definition) is 5. The van der Waals surface area contributed by atoms with Gasteiger partial charge in [-0.15, -0.1) is 10.1 Å². The van der Waals surface area contributed by atoms with Crippen LogP contribution in [0.1, 0.15) is 6.92 Å². The lowest BCUT2D eigenvalue weighted by molar-refractivity contribution is -0.730. The summed E-state index contributed by atoms with van der Waals surface area (Å²) in [5.74, 6) is -4.36. The minimum atomic E-state index is -1.51. The Labute approximate surface area is 60.7 Å². The number of hydrogen-bond donors (Lipinski definition) is 1. The van der Waals surface area contributed by atoms with Crippen molar-refractivity contribution < 1.29 is 24.6 Å². The van der Waals surface area contributed by atoms with E-state index in [4.69, 9.17) is 5.11 Å². The van der Waals surface area contributed by atoms with Crippen LogP contribution >= 0.6 is 0 Å². The molecule has 0 spiro atoms. The number of nitrogens with zero attached hydrogens (tertiary/aromatic N) is 1. The Bertz CT molecular complexity index is 199. The van der Waals surface area contributed by atoms with Crippen LogP contribution in [0.2, 0.25) is 0 Å². The Morgan fingerprint density at radius 3 is 2.36 bits per heavy atom. The topological polar surface area (TPSA) is 107 Å². The Balaban J connectivity index is 4.04. The van der Waals surface area contributed by atoms with Gasteiger partial charge >= 0.3 is 17.0 Å². The highest BCUT2D eigenvalue weighted by molar-refractivity contribution is 5.93. The average Bonchev–Trinajstić information content (AvgIpc) is 1.84. The van der Waals surface area contributed by atoms with Crippen molar-refractivity contribution in [1.29, 1.82) is 0 Å². The van der Waals surface area contributed by atoms with Gasteiger partial charge in [-0.25, -0.2) is 4.84 Å². The monoisotopic (exact) mass is 163 g/mol. The van der Waals surface area contributed by atoms with Gasteiger partial charge in [0.2, 0.25) is 0 Å². The largest absolute Gasteiger partial charge is 0.481 e. The highest BCUT2D eigenvalue weighted by Gasteiger charge is 2.23. The molecule has 0 aliphatic heterocycles. The molecule has 0 amide bonds. The number of rotatable bonds is 3. The maximum Gasteiger partial charge on any atom is 0.317 e. The second-order valence-electron chi connectivity index (χ2n) is 1.69. The van der Waals surface area contributed by atoms with Crippen molar-refractivity contribution in [2.45, 2.75) is 6.92 Å². The number of carbonyl (C=O) groups excluding carboxylic acids is 1. The number of aliphatic carboxylic acids is 1. The van der Waals surface area contributed by atoms with E-state index in [1.54, 1.807) is 0 Å². The second-order valence-corrected chi connectivity index (χ2v) is 1.69. The molecular weight excluding hydrogens is 158 g/mol. The van der Waals surface area contributed by atoms with E-state index in [1.165, 1.54) is 0 Å². The molecule has 0 aliphatic rings. The lowest BCUT2D eigenvalue weighted by Gasteiger charge is -2.00. The van der Waals surface area contributed by atoms with E-state index in [-0.39, 0.29) is 0 Å². The maximum atomic E-state index is 10.4. The summed E-state index contributed by atoms with van der Waals surface area (Å²) >= 11 is 0. The molecule has 62 valence electrons. The van der Waals surface area contributed by atoms with Gasteiger partial charge in [0.05, 0.1) is 0 Å². The van der Waals surface area contributed by atoms with Crippen molar-refractivity contribution in [2.75, 3.05) is 0 Å². The van der Waals surface area contributed by atoms with Crippen LogP contribution in [0.15, 0.2) is 0 Å². The predicted octanol–water partition coefficient (Wildman–Crippen LogP) is -0.558. The van der Waals surface area contributed by atoms with Gasteiger partial charge < -0.3 is 5.11 Å². The van der Waals surface area contributed by atoms with Gasteiger partial charge in [-0.05, 0) is 6.92 Å². The first-order chi connectivity index (χ1) is 4.95. The zero-order valence-electron chi connectivity index (χ0n) is 5.51. The molecule has 0 rings (SSSR count). The summed E-state index contributed by atoms with van der Waals surface area (Å²) in [4.78, 5) is 33.2. The molecule has 0 radical (unpaired) electrons. The molecule has 0 saturated carbocycles. The summed E-state index contributed by atoms with van der Waals surface area (Å²) in [5, 5.41) is 16.3. The molecule has 0 heterocycles. The number of carboxylic acid groups (broad SMARTS) is 1. The third kappa shape index (κ3) is 3.14. The summed E-state index contributed by atoms with van der Waals surface area (Å²) in [6.45, 7) is 0.994. The lowest BCUT2D eigenvalue weighted by Crippen LogP contribution is -2.24. The Hall–Kier alpha value is -1.66. The van der Waals surface area contributed by atoms with Crippen LogP contribution in [0.5, 0.6) is 0 Å². The minimum absolute atomic E-state index is 0.994. The van der Waals surface area contributed by atoms with Crippen molar-refractivity contribution >= 4 is 11.9 Å². The van der Waals surface area contributed by atoms with Crippen LogP contribution < -0.4 is 0 Å². The van der Waals surface area contributed by atoms with Crippen LogP contribution in [-0.4, -0.2) is 22.1 Å². The standard InChI is InChI=1S/C4H5NO6/c1-2(3(6)7)4(8)11-5(9)10/h2H,1H3,(H,6,7). The van der Waals surface area contributed by atoms with Gasteiger partial charge in [-0.2, -0.15) is 0 Å². The zero-order chi connectivity index (χ0) is 9.02. The molecule has 0 saturated heterocycles. The molecule has 0 aromatic rings. The fourth-order valence-electron chi connectivity index (χ4n) is 0.253. The van der Waals surface area contributed by atoms with Crippen molar-refractivity contribution in [1.82, 2.24) is 0 Å². The van der Waals surface area contributed by atoms with Gasteiger partial charge in [-0.1, -0.05) is 0 Å². The van der Waals surface area contributed by atoms with Crippen molar-refractivity contribution in [3.05, 3.63) is 10.1 Å². The third-order valence-corrected chi connectivity index (χ3v) is 0.888. The molecule has 1 unspecified atom stereocenters. The zero-order valence-corrected chi connectivity index (χ0v) is 5.51. The molecule has 0 fully saturated rings. The van der Waals surface area contributed by atoms with Crippen LogP contribution in [0, 0.1) is 16.0 Å². The van der Waals surface area contributed by atoms with Gasteiger partial charge in [0.1, 0.15) is 5.92 Å². The van der Waals surface area contributed by atoms with Crippen LogP contribution in [0.4, 0.5) is 0 Å². The van der Waals surface area contributed by atoms with Crippen molar-refractivity contribution in [2.24, 2.45) is 5.92 Å². The quantitative estimate of drug-likeness (QED) is 0.339. The van der Waals surface area contributed by atoms with Gasteiger partial charge in [0.25, 0.3) is 0 Å². The van der Waals surface area contributed by atoms with E-state index < -0.39 is 22.9 Å². The van der Waals surface area contributed by atoms with E-state index in [9.17, 15) is 19.7 Å². The Morgan fingerprint density at radius 1 is 1.64 bits per heavy atom. The van der Waals surface area contributed by atoms with E-state index in [0.29, 0.717) is 0 Å². The van der Waals surface area contributed by atoms with Crippen molar-refractivity contribution in [3.63, 3.8) is 0 Å². The third-order valence-electron chi connectivity index (χ3n) is 0.888. The fraction of sp³-hybridized carbons (Fsp3) is 0.500. The summed E-state index contributed by atoms with van der Waals surface area (Å²) in [6.07, 6.45) is 0. The molecule has 1 atom stereocenters. The van der Waals surface area contributed by atoms with Crippen molar-refractivity contribution in [3.8, 4) is 0 Å². The molecule has 0 aliphatic carbocycles. The van der Waals surface area contributed by atoms with Crippen LogP contribution in [-0.2, 0) is 14.4 Å². The van der Waals surface area contributed by atoms with Crippen LogP contribution in [0.3, 0.4) is 0 Å². The highest BCUT2D eigenvalue weighted by Crippen LogP contribution is 1.97.